The zero-order valence-corrected chi connectivity index (χ0v) is 7.27. The molecule has 0 radical (unpaired) electrons. The molecule has 1 aliphatic heterocycles. The van der Waals surface area contributed by atoms with E-state index in [0.29, 0.717) is 5.69 Å². The number of aliphatic carboxylic acids is 1. The zero-order chi connectivity index (χ0) is 9.97. The van der Waals surface area contributed by atoms with E-state index in [4.69, 9.17) is 5.11 Å². The largest absolute Gasteiger partial charge is 0.480 e. The van der Waals surface area contributed by atoms with E-state index in [2.05, 4.69) is 21.4 Å². The van der Waals surface area contributed by atoms with Crippen LogP contribution in [0.15, 0.2) is 24.4 Å². The van der Waals surface area contributed by atoms with Crippen LogP contribution in [-0.2, 0) is 4.79 Å². The van der Waals surface area contributed by atoms with E-state index < -0.39 is 12.0 Å². The van der Waals surface area contributed by atoms with Gasteiger partial charge in [0.15, 0.2) is 0 Å². The summed E-state index contributed by atoms with van der Waals surface area (Å²) in [7, 11) is 0. The maximum Gasteiger partial charge on any atom is 0.324 e. The molecular weight excluding hydrogens is 184 g/mol. The molecule has 2 atom stereocenters. The van der Waals surface area contributed by atoms with Gasteiger partial charge >= 0.3 is 5.97 Å². The normalized spacial score (nSPS) is 26.3. The number of hydrazine groups is 2. The van der Waals surface area contributed by atoms with Gasteiger partial charge in [-0.3, -0.25) is 9.78 Å². The summed E-state index contributed by atoms with van der Waals surface area (Å²) in [5.41, 5.74) is 8.68. The van der Waals surface area contributed by atoms with E-state index in [1.165, 1.54) is 0 Å². The molecule has 0 bridgehead atoms. The van der Waals surface area contributed by atoms with E-state index >= 15 is 0 Å². The molecule has 0 amide bonds. The fraction of sp³-hybridized carbons (Fsp3) is 0.250. The van der Waals surface area contributed by atoms with Crippen LogP contribution in [0.5, 0.6) is 0 Å². The van der Waals surface area contributed by atoms with Gasteiger partial charge < -0.3 is 5.11 Å². The highest BCUT2D eigenvalue weighted by atomic mass is 16.4. The lowest BCUT2D eigenvalue weighted by Crippen LogP contribution is -2.38. The van der Waals surface area contributed by atoms with Gasteiger partial charge in [-0.15, -0.1) is 0 Å². The molecule has 1 fully saturated rings. The van der Waals surface area contributed by atoms with Crippen LogP contribution in [0.3, 0.4) is 0 Å². The molecule has 0 saturated carbocycles. The van der Waals surface area contributed by atoms with Crippen LogP contribution in [0.25, 0.3) is 0 Å². The minimum absolute atomic E-state index is 0.353. The number of aromatic nitrogens is 1. The van der Waals surface area contributed by atoms with Gasteiger partial charge in [-0.1, -0.05) is 6.07 Å². The first-order chi connectivity index (χ1) is 6.79. The van der Waals surface area contributed by atoms with E-state index in [-0.39, 0.29) is 6.04 Å². The van der Waals surface area contributed by atoms with Gasteiger partial charge in [0.1, 0.15) is 6.04 Å². The monoisotopic (exact) mass is 194 g/mol. The van der Waals surface area contributed by atoms with E-state index in [9.17, 15) is 4.79 Å². The van der Waals surface area contributed by atoms with Crippen molar-refractivity contribution in [2.45, 2.75) is 12.1 Å². The fourth-order valence-electron chi connectivity index (χ4n) is 1.37. The van der Waals surface area contributed by atoms with Crippen molar-refractivity contribution in [2.75, 3.05) is 0 Å². The Hall–Kier alpha value is -1.50. The van der Waals surface area contributed by atoms with Crippen LogP contribution in [-0.4, -0.2) is 22.1 Å². The molecule has 4 N–H and O–H groups in total. The van der Waals surface area contributed by atoms with Crippen LogP contribution in [0.4, 0.5) is 0 Å². The van der Waals surface area contributed by atoms with Gasteiger partial charge in [0, 0.05) is 6.20 Å². The van der Waals surface area contributed by atoms with Gasteiger partial charge in [0.05, 0.1) is 11.7 Å². The molecule has 6 heteroatoms. The summed E-state index contributed by atoms with van der Waals surface area (Å²) >= 11 is 0. The van der Waals surface area contributed by atoms with Crippen molar-refractivity contribution in [2.24, 2.45) is 0 Å². The smallest absolute Gasteiger partial charge is 0.324 e. The number of hydrogen-bond acceptors (Lipinski definition) is 5. The minimum atomic E-state index is -0.918. The number of carboxylic acid groups (broad SMARTS) is 1. The summed E-state index contributed by atoms with van der Waals surface area (Å²) in [6, 6.07) is 4.33. The Morgan fingerprint density at radius 2 is 2.29 bits per heavy atom. The number of rotatable bonds is 2. The Labute approximate surface area is 80.3 Å². The van der Waals surface area contributed by atoms with Crippen LogP contribution >= 0.6 is 0 Å². The van der Waals surface area contributed by atoms with Gasteiger partial charge in [-0.25, -0.2) is 10.9 Å². The van der Waals surface area contributed by atoms with Crippen molar-refractivity contribution >= 4 is 5.97 Å². The lowest BCUT2D eigenvalue weighted by atomic mass is 10.1. The predicted molar refractivity (Wildman–Crippen MR) is 47.8 cm³/mol. The highest BCUT2D eigenvalue weighted by Gasteiger charge is 2.34. The first-order valence-corrected chi connectivity index (χ1v) is 4.19. The third kappa shape index (κ3) is 1.58. The number of nitrogens with zero attached hydrogens (tertiary/aromatic N) is 1. The molecule has 1 saturated heterocycles. The number of hydrogen-bond donors (Lipinski definition) is 4. The Morgan fingerprint density at radius 3 is 2.93 bits per heavy atom. The second-order valence-corrected chi connectivity index (χ2v) is 2.96. The lowest BCUT2D eigenvalue weighted by molar-refractivity contribution is -0.139. The van der Waals surface area contributed by atoms with Gasteiger partial charge in [0.25, 0.3) is 0 Å². The highest BCUT2D eigenvalue weighted by molar-refractivity contribution is 5.75. The molecule has 0 aromatic carbocycles. The Morgan fingerprint density at radius 1 is 1.43 bits per heavy atom. The standard InChI is InChI=1S/C8H10N4O2/c13-8(14)7-6(10-12-11-7)5-3-1-2-4-9-5/h1-4,6-7,10-12H,(H,13,14). The Bertz CT molecular complexity index is 329. The molecule has 74 valence electrons. The highest BCUT2D eigenvalue weighted by Crippen LogP contribution is 2.15. The molecule has 2 heterocycles. The van der Waals surface area contributed by atoms with Gasteiger partial charge in [-0.2, -0.15) is 5.53 Å². The molecule has 0 spiro atoms. The van der Waals surface area contributed by atoms with Crippen LogP contribution < -0.4 is 16.4 Å². The second kappa shape index (κ2) is 3.70. The van der Waals surface area contributed by atoms with Gasteiger partial charge in [-0.05, 0) is 12.1 Å². The van der Waals surface area contributed by atoms with Crippen molar-refractivity contribution in [3.63, 3.8) is 0 Å². The topological polar surface area (TPSA) is 86.3 Å². The van der Waals surface area contributed by atoms with E-state index in [1.54, 1.807) is 18.3 Å². The molecule has 1 aromatic heterocycles. The third-order valence-corrected chi connectivity index (χ3v) is 2.06. The van der Waals surface area contributed by atoms with Crippen molar-refractivity contribution in [3.05, 3.63) is 30.1 Å². The van der Waals surface area contributed by atoms with Gasteiger partial charge in [0.2, 0.25) is 0 Å². The Balaban J connectivity index is 2.22. The number of carboxylic acids is 1. The molecule has 6 nitrogen and oxygen atoms in total. The van der Waals surface area contributed by atoms with Crippen molar-refractivity contribution in [3.8, 4) is 0 Å². The summed E-state index contributed by atoms with van der Waals surface area (Å²) in [6.07, 6.45) is 1.63. The average Bonchev–Trinajstić information content (AvgIpc) is 2.67. The van der Waals surface area contributed by atoms with Crippen molar-refractivity contribution in [1.82, 2.24) is 21.4 Å². The molecule has 1 aromatic rings. The molecular formula is C8H10N4O2. The summed E-state index contributed by atoms with van der Waals surface area (Å²) in [4.78, 5) is 14.9. The zero-order valence-electron chi connectivity index (χ0n) is 7.27. The fourth-order valence-corrected chi connectivity index (χ4v) is 1.37. The molecule has 0 aliphatic carbocycles. The van der Waals surface area contributed by atoms with E-state index in [0.717, 1.165) is 0 Å². The quantitative estimate of drug-likeness (QED) is 0.492. The molecule has 2 unspecified atom stereocenters. The summed E-state index contributed by atoms with van der Waals surface area (Å²) in [6.45, 7) is 0. The SMILES string of the molecule is O=C(O)C1NNNC1c1ccccn1. The molecule has 14 heavy (non-hydrogen) atoms. The Kier molecular flexibility index (Phi) is 2.40. The lowest BCUT2D eigenvalue weighted by Gasteiger charge is -2.12. The first kappa shape index (κ1) is 9.07. The van der Waals surface area contributed by atoms with Crippen LogP contribution in [0, 0.1) is 0 Å². The van der Waals surface area contributed by atoms with Crippen molar-refractivity contribution in [1.29, 1.82) is 0 Å². The maximum atomic E-state index is 10.8. The summed E-state index contributed by atoms with van der Waals surface area (Å²) in [5.74, 6) is -0.918. The maximum absolute atomic E-state index is 10.8. The average molecular weight is 194 g/mol. The number of pyridine rings is 1. The number of nitrogens with one attached hydrogen (secondary N) is 3. The molecule has 2 rings (SSSR count). The molecule has 1 aliphatic rings. The number of carbonyl (C=O) groups is 1. The van der Waals surface area contributed by atoms with Crippen LogP contribution in [0.1, 0.15) is 11.7 Å². The summed E-state index contributed by atoms with van der Waals surface area (Å²) in [5, 5.41) is 8.87. The second-order valence-electron chi connectivity index (χ2n) is 2.96. The predicted octanol–water partition coefficient (Wildman–Crippen LogP) is -0.812. The summed E-state index contributed by atoms with van der Waals surface area (Å²) < 4.78 is 0. The first-order valence-electron chi connectivity index (χ1n) is 4.19. The van der Waals surface area contributed by atoms with E-state index in [1.807, 2.05) is 6.07 Å². The third-order valence-electron chi connectivity index (χ3n) is 2.06. The van der Waals surface area contributed by atoms with Crippen LogP contribution in [0.2, 0.25) is 0 Å². The van der Waals surface area contributed by atoms with Crippen molar-refractivity contribution < 1.29 is 9.90 Å². The minimum Gasteiger partial charge on any atom is -0.480 e.